The number of sulfone groups is 1. The highest BCUT2D eigenvalue weighted by Gasteiger charge is 2.33. The summed E-state index contributed by atoms with van der Waals surface area (Å²) in [5.41, 5.74) is 2.89. The molecule has 0 aliphatic heterocycles. The Morgan fingerprint density at radius 3 is 1.87 bits per heavy atom. The highest BCUT2D eigenvalue weighted by atomic mass is 32.2. The quantitative estimate of drug-likeness (QED) is 0.415. The Morgan fingerprint density at radius 2 is 1.26 bits per heavy atom. The molecule has 0 saturated heterocycles. The topological polar surface area (TPSA) is 88.9 Å². The molecule has 0 radical (unpaired) electrons. The van der Waals surface area contributed by atoms with Gasteiger partial charge in [-0.25, -0.2) is 8.42 Å². The summed E-state index contributed by atoms with van der Waals surface area (Å²) in [6, 6.07) is 29.1. The zero-order chi connectivity index (χ0) is 21.3. The van der Waals surface area contributed by atoms with Gasteiger partial charge in [-0.2, -0.15) is 5.10 Å². The normalized spacial score (nSPS) is 11.5. The summed E-state index contributed by atoms with van der Waals surface area (Å²) < 4.78 is 33.1. The molecule has 1 N–H and O–H groups in total. The largest absolute Gasteiger partial charge is 0.354 e. The van der Waals surface area contributed by atoms with E-state index in [0.717, 1.165) is 5.56 Å². The third kappa shape index (κ3) is 3.45. The Bertz CT molecular complexity index is 1370. The van der Waals surface area contributed by atoms with Crippen LogP contribution >= 0.6 is 0 Å². The lowest BCUT2D eigenvalue weighted by Crippen LogP contribution is -2.05. The Balaban J connectivity index is 1.70. The Morgan fingerprint density at radius 1 is 0.710 bits per heavy atom. The number of benzene rings is 3. The summed E-state index contributed by atoms with van der Waals surface area (Å²) in [6.07, 6.45) is 0. The summed E-state index contributed by atoms with van der Waals surface area (Å²) in [6.45, 7) is 0. The number of hydrogen-bond acceptors (Lipinski definition) is 5. The number of H-pyrrole nitrogens is 1. The smallest absolute Gasteiger partial charge is 0.229 e. The van der Waals surface area contributed by atoms with E-state index in [4.69, 9.17) is 4.52 Å². The van der Waals surface area contributed by atoms with Crippen LogP contribution in [-0.4, -0.2) is 23.8 Å². The van der Waals surface area contributed by atoms with E-state index >= 15 is 0 Å². The van der Waals surface area contributed by atoms with Crippen molar-refractivity contribution < 1.29 is 12.9 Å². The summed E-state index contributed by atoms with van der Waals surface area (Å²) in [5.74, 6) is 0.190. The maximum atomic E-state index is 13.8. The molecule has 6 nitrogen and oxygen atoms in total. The van der Waals surface area contributed by atoms with Crippen molar-refractivity contribution in [3.63, 3.8) is 0 Å². The van der Waals surface area contributed by atoms with Crippen molar-refractivity contribution in [3.8, 4) is 33.8 Å². The highest BCUT2D eigenvalue weighted by molar-refractivity contribution is 7.91. The average molecular weight is 427 g/mol. The van der Waals surface area contributed by atoms with Gasteiger partial charge in [0.1, 0.15) is 10.6 Å². The number of aromatic amines is 1. The molecule has 152 valence electrons. The fraction of sp³-hybridized carbons (Fsp3) is 0. The van der Waals surface area contributed by atoms with Gasteiger partial charge in [0.05, 0.1) is 5.69 Å². The van der Waals surface area contributed by atoms with Crippen molar-refractivity contribution in [2.24, 2.45) is 0 Å². The van der Waals surface area contributed by atoms with E-state index in [-0.39, 0.29) is 21.4 Å². The van der Waals surface area contributed by atoms with Crippen LogP contribution in [0.1, 0.15) is 0 Å². The lowest BCUT2D eigenvalue weighted by molar-refractivity contribution is 0.433. The third-order valence-corrected chi connectivity index (χ3v) is 6.62. The van der Waals surface area contributed by atoms with Gasteiger partial charge < -0.3 is 4.52 Å². The summed E-state index contributed by atoms with van der Waals surface area (Å²) >= 11 is 0. The molecule has 3 aromatic carbocycles. The van der Waals surface area contributed by atoms with E-state index in [0.29, 0.717) is 16.8 Å². The fourth-order valence-corrected chi connectivity index (χ4v) is 4.85. The standard InChI is InChI=1S/C24H17N3O3S/c28-31(29,21-16-20(25-26-21)17-10-4-1-5-11-17)24-22(18-12-6-2-7-13-18)27-30-23(24)19-14-8-3-9-15-19/h1-16H,(H,25,26). The highest BCUT2D eigenvalue weighted by Crippen LogP contribution is 2.38. The Labute approximate surface area is 179 Å². The SMILES string of the molecule is O=S(=O)(c1cc(-c2ccccc2)n[nH]1)c1c(-c2ccccc2)noc1-c1ccccc1. The van der Waals surface area contributed by atoms with Gasteiger partial charge in [0.25, 0.3) is 0 Å². The molecule has 0 saturated carbocycles. The number of nitrogens with zero attached hydrogens (tertiary/aromatic N) is 2. The van der Waals surface area contributed by atoms with Gasteiger partial charge >= 0.3 is 0 Å². The van der Waals surface area contributed by atoms with Crippen molar-refractivity contribution in [3.05, 3.63) is 97.1 Å². The molecule has 0 amide bonds. The van der Waals surface area contributed by atoms with Crippen LogP contribution in [0.4, 0.5) is 0 Å². The van der Waals surface area contributed by atoms with Crippen LogP contribution in [0.15, 0.2) is 112 Å². The molecule has 0 aliphatic carbocycles. The molecule has 0 aliphatic rings. The molecule has 7 heteroatoms. The fourth-order valence-electron chi connectivity index (χ4n) is 3.39. The monoisotopic (exact) mass is 427 g/mol. The molecule has 0 unspecified atom stereocenters. The second-order valence-electron chi connectivity index (χ2n) is 6.91. The van der Waals surface area contributed by atoms with Crippen molar-refractivity contribution in [1.82, 2.24) is 15.4 Å². The van der Waals surface area contributed by atoms with Crippen LogP contribution in [0.25, 0.3) is 33.8 Å². The van der Waals surface area contributed by atoms with E-state index in [2.05, 4.69) is 15.4 Å². The molecule has 2 aromatic heterocycles. The number of rotatable bonds is 5. The van der Waals surface area contributed by atoms with Gasteiger partial charge in [-0.3, -0.25) is 5.10 Å². The number of nitrogens with one attached hydrogen (secondary N) is 1. The van der Waals surface area contributed by atoms with Gasteiger partial charge in [0.15, 0.2) is 10.8 Å². The van der Waals surface area contributed by atoms with Crippen LogP contribution in [0, 0.1) is 0 Å². The van der Waals surface area contributed by atoms with E-state index in [9.17, 15) is 8.42 Å². The van der Waals surface area contributed by atoms with Gasteiger partial charge in [0, 0.05) is 22.8 Å². The van der Waals surface area contributed by atoms with E-state index < -0.39 is 9.84 Å². The first-order valence-corrected chi connectivity index (χ1v) is 11.1. The predicted molar refractivity (Wildman–Crippen MR) is 117 cm³/mol. The van der Waals surface area contributed by atoms with Crippen LogP contribution in [0.5, 0.6) is 0 Å². The molecule has 0 spiro atoms. The number of aromatic nitrogens is 3. The molecule has 5 aromatic rings. The van der Waals surface area contributed by atoms with Crippen LogP contribution in [0.2, 0.25) is 0 Å². The number of hydrogen-bond donors (Lipinski definition) is 1. The molecule has 0 fully saturated rings. The molecule has 2 heterocycles. The van der Waals surface area contributed by atoms with Crippen molar-refractivity contribution in [2.45, 2.75) is 9.92 Å². The van der Waals surface area contributed by atoms with Gasteiger partial charge in [0.2, 0.25) is 9.84 Å². The molecule has 0 bridgehead atoms. The van der Waals surface area contributed by atoms with Gasteiger partial charge in [-0.1, -0.05) is 96.2 Å². The maximum absolute atomic E-state index is 13.8. The zero-order valence-corrected chi connectivity index (χ0v) is 17.1. The minimum Gasteiger partial charge on any atom is -0.354 e. The van der Waals surface area contributed by atoms with Crippen LogP contribution < -0.4 is 0 Å². The first kappa shape index (κ1) is 19.0. The Hall–Kier alpha value is -3.97. The van der Waals surface area contributed by atoms with Gasteiger partial charge in [-0.15, -0.1) is 0 Å². The lowest BCUT2D eigenvalue weighted by Gasteiger charge is -2.05. The molecular weight excluding hydrogens is 410 g/mol. The molecule has 5 rings (SSSR count). The second-order valence-corrected chi connectivity index (χ2v) is 8.76. The van der Waals surface area contributed by atoms with Crippen LogP contribution in [-0.2, 0) is 9.84 Å². The minimum absolute atomic E-state index is 0.00756. The predicted octanol–water partition coefficient (Wildman–Crippen LogP) is 5.23. The average Bonchev–Trinajstić information content (AvgIpc) is 3.50. The van der Waals surface area contributed by atoms with Gasteiger partial charge in [-0.05, 0) is 0 Å². The summed E-state index contributed by atoms with van der Waals surface area (Å²) in [5, 5.41) is 11.0. The molecule has 31 heavy (non-hydrogen) atoms. The zero-order valence-electron chi connectivity index (χ0n) is 16.3. The van der Waals surface area contributed by atoms with E-state index in [1.807, 2.05) is 66.7 Å². The third-order valence-electron chi connectivity index (χ3n) is 4.91. The van der Waals surface area contributed by atoms with Crippen molar-refractivity contribution >= 4 is 9.84 Å². The summed E-state index contributed by atoms with van der Waals surface area (Å²) in [4.78, 5) is 0.00756. The Kier molecular flexibility index (Phi) is 4.72. The minimum atomic E-state index is -4.01. The molecule has 0 atom stereocenters. The first-order valence-electron chi connectivity index (χ1n) is 9.61. The molecular formula is C24H17N3O3S. The van der Waals surface area contributed by atoms with Crippen LogP contribution in [0.3, 0.4) is 0 Å². The summed E-state index contributed by atoms with van der Waals surface area (Å²) in [7, 11) is -4.01. The first-order chi connectivity index (χ1) is 15.1. The van der Waals surface area contributed by atoms with Crippen molar-refractivity contribution in [2.75, 3.05) is 0 Å². The second kappa shape index (κ2) is 7.70. The van der Waals surface area contributed by atoms with Crippen molar-refractivity contribution in [1.29, 1.82) is 0 Å². The van der Waals surface area contributed by atoms with E-state index in [1.165, 1.54) is 6.07 Å². The maximum Gasteiger partial charge on any atom is 0.229 e. The lowest BCUT2D eigenvalue weighted by atomic mass is 10.1. The van der Waals surface area contributed by atoms with E-state index in [1.54, 1.807) is 24.3 Å².